The Balaban J connectivity index is 0.00000257. The standard InChI is InChI=1S/C37H25N5O7S4.2Na/c1-20-7-15-29-34(35(20)53(47,48)49)51-37(40-29)23-11-16-28-30(17-23)50-36(39-28)21-8-12-25(13-9-21)41-42-32-31(52(44,45)46)18-22-10-14-26(19-27(22)33(32)43)38-24-5-3-2-4-6-24;;/h2-19,38,43H,1H3,(H,44,45,46)(H,47,48,49);;/q;2*+1/p-2. The third-order valence-corrected chi connectivity index (χ3v) is 12.6. The van der Waals surface area contributed by atoms with Crippen molar-refractivity contribution in [2.75, 3.05) is 5.32 Å². The smallest absolute Gasteiger partial charge is 0.744 e. The number of anilines is 2. The van der Waals surface area contributed by atoms with Crippen LogP contribution in [0.15, 0.2) is 129 Å². The van der Waals surface area contributed by atoms with Crippen molar-refractivity contribution in [2.45, 2.75) is 16.7 Å². The van der Waals surface area contributed by atoms with Gasteiger partial charge in [0.25, 0.3) is 0 Å². The second-order valence-electron chi connectivity index (χ2n) is 11.9. The molecular formula is C37H23N5Na2O7S4. The van der Waals surface area contributed by atoms with Crippen LogP contribution in [0.25, 0.3) is 52.3 Å². The van der Waals surface area contributed by atoms with E-state index in [0.29, 0.717) is 42.6 Å². The maximum atomic E-state index is 12.2. The number of thiazole rings is 2. The molecule has 0 aliphatic rings. The summed E-state index contributed by atoms with van der Waals surface area (Å²) in [7, 11) is -9.72. The van der Waals surface area contributed by atoms with Gasteiger partial charge in [-0.3, -0.25) is 0 Å². The van der Waals surface area contributed by atoms with E-state index in [9.17, 15) is 31.0 Å². The van der Waals surface area contributed by atoms with E-state index in [1.54, 1.807) is 61.5 Å². The van der Waals surface area contributed by atoms with Gasteiger partial charge in [0.1, 0.15) is 35.9 Å². The maximum absolute atomic E-state index is 12.2. The number of aromatic nitrogens is 2. The summed E-state index contributed by atoms with van der Waals surface area (Å²) in [6.45, 7) is 1.58. The quantitative estimate of drug-likeness (QED) is 0.130. The molecule has 0 saturated heterocycles. The minimum Gasteiger partial charge on any atom is -0.744 e. The summed E-state index contributed by atoms with van der Waals surface area (Å²) in [6.07, 6.45) is 0. The number of phenols is 1. The molecule has 55 heavy (non-hydrogen) atoms. The van der Waals surface area contributed by atoms with Gasteiger partial charge in [-0.05, 0) is 96.7 Å². The minimum absolute atomic E-state index is 0. The number of rotatable bonds is 8. The second kappa shape index (κ2) is 16.1. The van der Waals surface area contributed by atoms with Gasteiger partial charge >= 0.3 is 59.1 Å². The number of phenolic OH excluding ortho intramolecular Hbond substituents is 1. The number of nitrogens with zero attached hydrogens (tertiary/aromatic N) is 4. The summed E-state index contributed by atoms with van der Waals surface area (Å²) >= 11 is 2.57. The Labute approximate surface area is 367 Å². The molecule has 6 aromatic carbocycles. The zero-order valence-corrected chi connectivity index (χ0v) is 36.5. The topological polar surface area (TPSA) is 197 Å². The van der Waals surface area contributed by atoms with Gasteiger partial charge in [-0.2, -0.15) is 5.11 Å². The van der Waals surface area contributed by atoms with Gasteiger partial charge in [0.05, 0.1) is 35.9 Å². The molecule has 0 radical (unpaired) electrons. The average Bonchev–Trinajstić information content (AvgIpc) is 3.75. The van der Waals surface area contributed by atoms with Crippen molar-refractivity contribution in [3.63, 3.8) is 0 Å². The van der Waals surface area contributed by atoms with Gasteiger partial charge in [0.15, 0.2) is 5.75 Å². The third kappa shape index (κ3) is 8.41. The average molecular weight is 824 g/mol. The molecule has 2 heterocycles. The van der Waals surface area contributed by atoms with Crippen LogP contribution in [0.1, 0.15) is 5.56 Å². The summed E-state index contributed by atoms with van der Waals surface area (Å²) in [5.41, 5.74) is 4.34. The van der Waals surface area contributed by atoms with Crippen molar-refractivity contribution in [3.05, 3.63) is 115 Å². The number of nitrogens with one attached hydrogen (secondary N) is 1. The Hall–Kier alpha value is -3.62. The van der Waals surface area contributed by atoms with Gasteiger partial charge < -0.3 is 19.5 Å². The normalized spacial score (nSPS) is 11.9. The number of aryl methyl sites for hydroxylation is 1. The van der Waals surface area contributed by atoms with Gasteiger partial charge in [-0.25, -0.2) is 26.8 Å². The maximum Gasteiger partial charge on any atom is 1.00 e. The van der Waals surface area contributed by atoms with Crippen molar-refractivity contribution in [1.29, 1.82) is 0 Å². The number of aromatic hydroxyl groups is 1. The minimum atomic E-state index is -5.03. The Morgan fingerprint density at radius 2 is 1.36 bits per heavy atom. The molecule has 0 aliphatic carbocycles. The van der Waals surface area contributed by atoms with E-state index in [1.165, 1.54) is 17.4 Å². The molecule has 8 rings (SSSR count). The molecule has 2 N–H and O–H groups in total. The molecule has 0 bridgehead atoms. The molecule has 2 aromatic heterocycles. The Morgan fingerprint density at radius 3 is 2.07 bits per heavy atom. The summed E-state index contributed by atoms with van der Waals surface area (Å²) in [6, 6.07) is 31.1. The van der Waals surface area contributed by atoms with Crippen LogP contribution in [0.3, 0.4) is 0 Å². The second-order valence-corrected chi connectivity index (χ2v) is 16.6. The van der Waals surface area contributed by atoms with Crippen molar-refractivity contribution < 1.29 is 90.2 Å². The van der Waals surface area contributed by atoms with Crippen LogP contribution in [-0.4, -0.2) is 41.0 Å². The first-order chi connectivity index (χ1) is 25.3. The molecule has 0 aliphatic heterocycles. The van der Waals surface area contributed by atoms with Gasteiger partial charge in [0, 0.05) is 27.9 Å². The van der Waals surface area contributed by atoms with Gasteiger partial charge in [-0.15, -0.1) is 27.8 Å². The fraction of sp³-hybridized carbons (Fsp3) is 0.0270. The summed E-state index contributed by atoms with van der Waals surface area (Å²) in [4.78, 5) is 8.38. The van der Waals surface area contributed by atoms with Crippen LogP contribution in [0.4, 0.5) is 22.7 Å². The molecule has 18 heteroatoms. The van der Waals surface area contributed by atoms with E-state index in [4.69, 9.17) is 4.98 Å². The van der Waals surface area contributed by atoms with E-state index in [2.05, 4.69) is 20.5 Å². The number of azo groups is 1. The first-order valence-electron chi connectivity index (χ1n) is 15.7. The van der Waals surface area contributed by atoms with Crippen molar-refractivity contribution in [1.82, 2.24) is 9.97 Å². The van der Waals surface area contributed by atoms with E-state index in [1.807, 2.05) is 48.5 Å². The van der Waals surface area contributed by atoms with Crippen molar-refractivity contribution in [3.8, 4) is 26.9 Å². The first kappa shape index (κ1) is 41.0. The largest absolute Gasteiger partial charge is 1.00 e. The van der Waals surface area contributed by atoms with Crippen LogP contribution >= 0.6 is 22.7 Å². The van der Waals surface area contributed by atoms with Crippen LogP contribution < -0.4 is 64.4 Å². The van der Waals surface area contributed by atoms with Crippen LogP contribution in [-0.2, 0) is 20.2 Å². The first-order valence-corrected chi connectivity index (χ1v) is 20.1. The van der Waals surface area contributed by atoms with E-state index in [0.717, 1.165) is 38.4 Å². The van der Waals surface area contributed by atoms with Crippen LogP contribution in [0.5, 0.6) is 5.75 Å². The number of benzene rings is 6. The predicted octanol–water partition coefficient (Wildman–Crippen LogP) is 3.38. The molecule has 8 aromatic rings. The van der Waals surface area contributed by atoms with E-state index < -0.39 is 36.6 Å². The molecular weight excluding hydrogens is 801 g/mol. The Bertz CT molecular complexity index is 3010. The molecule has 0 atom stereocenters. The molecule has 0 amide bonds. The number of para-hydroxylation sites is 1. The fourth-order valence-electron chi connectivity index (χ4n) is 5.85. The summed E-state index contributed by atoms with van der Waals surface area (Å²) in [5.74, 6) is -0.500. The van der Waals surface area contributed by atoms with Crippen LogP contribution in [0, 0.1) is 6.92 Å². The molecule has 0 fully saturated rings. The Morgan fingerprint density at radius 1 is 0.691 bits per heavy atom. The van der Waals surface area contributed by atoms with Gasteiger partial charge in [0.2, 0.25) is 0 Å². The summed E-state index contributed by atoms with van der Waals surface area (Å²) in [5, 5.41) is 24.4. The number of hydrogen-bond donors (Lipinski definition) is 2. The van der Waals surface area contributed by atoms with E-state index >= 15 is 0 Å². The zero-order chi connectivity index (χ0) is 37.1. The van der Waals surface area contributed by atoms with Gasteiger partial charge in [-0.1, -0.05) is 30.3 Å². The molecule has 12 nitrogen and oxygen atoms in total. The number of fused-ring (bicyclic) bond motifs is 3. The van der Waals surface area contributed by atoms with Crippen LogP contribution in [0.2, 0.25) is 0 Å². The van der Waals surface area contributed by atoms with Crippen molar-refractivity contribution in [2.24, 2.45) is 10.2 Å². The SMILES string of the molecule is Cc1ccc2nc(-c3ccc4nc(-c5ccc(N=Nc6c(S(=O)(=O)[O-])cc7ccc(Nc8ccccc8)cc7c6O)cc5)sc4c3)sc2c1S(=O)(=O)[O-].[Na+].[Na+]. The zero-order valence-electron chi connectivity index (χ0n) is 29.2. The monoisotopic (exact) mass is 823 g/mol. The summed E-state index contributed by atoms with van der Waals surface area (Å²) < 4.78 is 73.8. The Kier molecular flexibility index (Phi) is 12.0. The number of hydrogen-bond acceptors (Lipinski definition) is 14. The third-order valence-electron chi connectivity index (χ3n) is 8.36. The molecule has 264 valence electrons. The molecule has 0 saturated carbocycles. The fourth-order valence-corrected chi connectivity index (χ4v) is 9.79. The van der Waals surface area contributed by atoms with E-state index in [-0.39, 0.29) is 69.4 Å². The molecule has 0 unspecified atom stereocenters. The molecule has 0 spiro atoms. The predicted molar refractivity (Wildman–Crippen MR) is 204 cm³/mol. The van der Waals surface area contributed by atoms with Crippen molar-refractivity contribution >= 4 is 96.9 Å².